The Morgan fingerprint density at radius 1 is 1.05 bits per heavy atom. The first-order valence-electron chi connectivity index (χ1n) is 7.50. The molecule has 2 heterocycles. The van der Waals surface area contributed by atoms with Crippen LogP contribution >= 0.6 is 0 Å². The smallest absolute Gasteiger partial charge is 0.320 e. The van der Waals surface area contributed by atoms with E-state index in [4.69, 9.17) is 5.11 Å². The zero-order valence-electron chi connectivity index (χ0n) is 11.8. The summed E-state index contributed by atoms with van der Waals surface area (Å²) in [6.45, 7) is 2.01. The van der Waals surface area contributed by atoms with E-state index in [9.17, 15) is 14.7 Å². The van der Waals surface area contributed by atoms with Crippen LogP contribution in [-0.2, 0) is 4.79 Å². The average molecular weight is 284 g/mol. The number of hydrogen-bond donors (Lipinski definition) is 2. The summed E-state index contributed by atoms with van der Waals surface area (Å²) >= 11 is 0. The van der Waals surface area contributed by atoms with Gasteiger partial charge in [-0.05, 0) is 38.0 Å². The highest BCUT2D eigenvalue weighted by atomic mass is 16.4. The van der Waals surface area contributed by atoms with Crippen molar-refractivity contribution in [2.75, 3.05) is 26.2 Å². The molecule has 0 radical (unpaired) electrons. The van der Waals surface area contributed by atoms with E-state index in [0.29, 0.717) is 13.1 Å². The van der Waals surface area contributed by atoms with Crippen molar-refractivity contribution >= 4 is 12.0 Å². The Labute approximate surface area is 119 Å². The Hall–Kier alpha value is -1.30. The molecule has 114 valence electrons. The fourth-order valence-corrected chi connectivity index (χ4v) is 3.20. The number of rotatable bonds is 3. The normalized spacial score (nSPS) is 24.8. The van der Waals surface area contributed by atoms with Crippen LogP contribution in [-0.4, -0.2) is 64.3 Å². The number of amides is 2. The van der Waals surface area contributed by atoms with Gasteiger partial charge in [-0.25, -0.2) is 4.79 Å². The van der Waals surface area contributed by atoms with E-state index in [2.05, 4.69) is 0 Å². The molecule has 0 aromatic heterocycles. The van der Waals surface area contributed by atoms with Crippen LogP contribution in [0.15, 0.2) is 0 Å². The second-order valence-corrected chi connectivity index (χ2v) is 5.84. The van der Waals surface area contributed by atoms with Crippen molar-refractivity contribution in [2.24, 2.45) is 5.92 Å². The molecule has 0 spiro atoms. The van der Waals surface area contributed by atoms with Gasteiger partial charge in [0.2, 0.25) is 0 Å². The quantitative estimate of drug-likeness (QED) is 0.814. The minimum absolute atomic E-state index is 0.0116. The molecular weight excluding hydrogens is 260 g/mol. The summed E-state index contributed by atoms with van der Waals surface area (Å²) < 4.78 is 0. The van der Waals surface area contributed by atoms with Crippen molar-refractivity contribution in [1.29, 1.82) is 0 Å². The van der Waals surface area contributed by atoms with Crippen molar-refractivity contribution in [3.8, 4) is 0 Å². The van der Waals surface area contributed by atoms with Gasteiger partial charge in [-0.2, -0.15) is 0 Å². The van der Waals surface area contributed by atoms with Crippen LogP contribution < -0.4 is 0 Å². The van der Waals surface area contributed by atoms with Gasteiger partial charge in [0.15, 0.2) is 0 Å². The van der Waals surface area contributed by atoms with E-state index < -0.39 is 5.97 Å². The average Bonchev–Trinajstić information content (AvgIpc) is 2.46. The van der Waals surface area contributed by atoms with Crippen LogP contribution in [0.1, 0.15) is 38.5 Å². The van der Waals surface area contributed by atoms with Gasteiger partial charge in [-0.3, -0.25) is 4.79 Å². The lowest BCUT2D eigenvalue weighted by Crippen LogP contribution is -2.53. The Morgan fingerprint density at radius 3 is 2.35 bits per heavy atom. The van der Waals surface area contributed by atoms with Gasteiger partial charge in [-0.15, -0.1) is 0 Å². The highest BCUT2D eigenvalue weighted by Crippen LogP contribution is 2.24. The topological polar surface area (TPSA) is 81.1 Å². The molecule has 6 heteroatoms. The largest absolute Gasteiger partial charge is 0.481 e. The predicted molar refractivity (Wildman–Crippen MR) is 73.4 cm³/mol. The number of hydrogen-bond acceptors (Lipinski definition) is 3. The number of piperidine rings is 2. The number of nitrogens with zero attached hydrogens (tertiary/aromatic N) is 2. The maximum atomic E-state index is 12.5. The molecule has 2 aliphatic rings. The zero-order chi connectivity index (χ0) is 14.5. The van der Waals surface area contributed by atoms with Gasteiger partial charge in [0.05, 0.1) is 12.6 Å². The van der Waals surface area contributed by atoms with E-state index in [1.807, 2.05) is 4.90 Å². The first-order valence-corrected chi connectivity index (χ1v) is 7.50. The summed E-state index contributed by atoms with van der Waals surface area (Å²) in [5, 5.41) is 18.2. The predicted octanol–water partition coefficient (Wildman–Crippen LogP) is 1.14. The van der Waals surface area contributed by atoms with Gasteiger partial charge in [0.25, 0.3) is 0 Å². The van der Waals surface area contributed by atoms with E-state index in [0.717, 1.165) is 38.6 Å². The third kappa shape index (κ3) is 3.62. The molecule has 2 saturated heterocycles. The van der Waals surface area contributed by atoms with Gasteiger partial charge in [-0.1, -0.05) is 0 Å². The summed E-state index contributed by atoms with van der Waals surface area (Å²) in [4.78, 5) is 26.8. The van der Waals surface area contributed by atoms with Gasteiger partial charge in [0.1, 0.15) is 0 Å². The highest BCUT2D eigenvalue weighted by molar-refractivity contribution is 5.75. The molecule has 0 aliphatic carbocycles. The van der Waals surface area contributed by atoms with Crippen LogP contribution in [0.2, 0.25) is 0 Å². The van der Waals surface area contributed by atoms with Crippen molar-refractivity contribution in [1.82, 2.24) is 9.80 Å². The van der Waals surface area contributed by atoms with Crippen molar-refractivity contribution < 1.29 is 19.8 Å². The lowest BCUT2D eigenvalue weighted by molar-refractivity contribution is -0.138. The SMILES string of the molecule is O=C(O)CC1CCN(C(=O)N2CCCCC2CO)CC1. The molecule has 0 bridgehead atoms. The summed E-state index contributed by atoms with van der Waals surface area (Å²) in [6.07, 6.45) is 4.65. The number of carbonyl (C=O) groups is 2. The van der Waals surface area contributed by atoms with Crippen LogP contribution in [0, 0.1) is 5.92 Å². The number of aliphatic hydroxyl groups excluding tert-OH is 1. The van der Waals surface area contributed by atoms with E-state index >= 15 is 0 Å². The fourth-order valence-electron chi connectivity index (χ4n) is 3.20. The van der Waals surface area contributed by atoms with Crippen molar-refractivity contribution in [3.05, 3.63) is 0 Å². The molecule has 1 atom stereocenters. The molecule has 20 heavy (non-hydrogen) atoms. The molecule has 2 rings (SSSR count). The van der Waals surface area contributed by atoms with E-state index in [-0.39, 0.29) is 31.0 Å². The maximum Gasteiger partial charge on any atom is 0.320 e. The summed E-state index contributed by atoms with van der Waals surface area (Å²) in [5.41, 5.74) is 0. The molecule has 1 unspecified atom stereocenters. The summed E-state index contributed by atoms with van der Waals surface area (Å²) in [6, 6.07) is -0.0366. The lowest BCUT2D eigenvalue weighted by atomic mass is 9.93. The van der Waals surface area contributed by atoms with Crippen LogP contribution in [0.25, 0.3) is 0 Å². The Bertz CT molecular complexity index is 353. The lowest BCUT2D eigenvalue weighted by Gasteiger charge is -2.40. The van der Waals surface area contributed by atoms with Gasteiger partial charge < -0.3 is 20.0 Å². The fraction of sp³-hybridized carbons (Fsp3) is 0.857. The molecular formula is C14H24N2O4. The van der Waals surface area contributed by atoms with Crippen molar-refractivity contribution in [2.45, 2.75) is 44.6 Å². The Balaban J connectivity index is 1.86. The molecule has 0 aromatic carbocycles. The number of likely N-dealkylation sites (tertiary alicyclic amines) is 2. The number of carboxylic acids is 1. The molecule has 0 aromatic rings. The van der Waals surface area contributed by atoms with Gasteiger partial charge >= 0.3 is 12.0 Å². The maximum absolute atomic E-state index is 12.5. The van der Waals surface area contributed by atoms with Crippen LogP contribution in [0.3, 0.4) is 0 Å². The van der Waals surface area contributed by atoms with Gasteiger partial charge in [0, 0.05) is 26.1 Å². The number of carbonyl (C=O) groups excluding carboxylic acids is 1. The van der Waals surface area contributed by atoms with Crippen molar-refractivity contribution in [3.63, 3.8) is 0 Å². The number of urea groups is 1. The van der Waals surface area contributed by atoms with Crippen LogP contribution in [0.5, 0.6) is 0 Å². The molecule has 2 aliphatic heterocycles. The molecule has 0 saturated carbocycles. The molecule has 2 amide bonds. The van der Waals surface area contributed by atoms with Crippen LogP contribution in [0.4, 0.5) is 4.79 Å². The summed E-state index contributed by atoms with van der Waals surface area (Å²) in [7, 11) is 0. The van der Waals surface area contributed by atoms with E-state index in [1.54, 1.807) is 4.90 Å². The second-order valence-electron chi connectivity index (χ2n) is 5.84. The third-order valence-electron chi connectivity index (χ3n) is 4.43. The zero-order valence-corrected chi connectivity index (χ0v) is 11.8. The second kappa shape index (κ2) is 6.92. The Morgan fingerprint density at radius 2 is 1.75 bits per heavy atom. The number of carboxylic acid groups (broad SMARTS) is 1. The first kappa shape index (κ1) is 15.1. The first-order chi connectivity index (χ1) is 9.61. The molecule has 2 fully saturated rings. The molecule has 6 nitrogen and oxygen atoms in total. The monoisotopic (exact) mass is 284 g/mol. The third-order valence-corrected chi connectivity index (χ3v) is 4.43. The minimum Gasteiger partial charge on any atom is -0.481 e. The summed E-state index contributed by atoms with van der Waals surface area (Å²) in [5.74, 6) is -0.572. The standard InChI is InChI=1S/C14H24N2O4/c17-10-12-3-1-2-6-16(12)14(20)15-7-4-11(5-8-15)9-13(18)19/h11-12,17H,1-10H2,(H,18,19). The minimum atomic E-state index is -0.758. The molecule has 2 N–H and O–H groups in total. The number of aliphatic carboxylic acids is 1. The van der Waals surface area contributed by atoms with E-state index in [1.165, 1.54) is 0 Å². The highest BCUT2D eigenvalue weighted by Gasteiger charge is 2.31. The number of aliphatic hydroxyl groups is 1. The Kier molecular flexibility index (Phi) is 5.23.